The maximum atomic E-state index is 11.0. The molecule has 1 aromatic heterocycles. The molecule has 6 heteroatoms. The molecule has 1 aliphatic heterocycles. The van der Waals surface area contributed by atoms with Crippen molar-refractivity contribution in [1.29, 1.82) is 0 Å². The Morgan fingerprint density at radius 1 is 1.11 bits per heavy atom. The smallest absolute Gasteiger partial charge is 0.407 e. The van der Waals surface area contributed by atoms with Crippen LogP contribution in [0.5, 0.6) is 5.75 Å². The van der Waals surface area contributed by atoms with Gasteiger partial charge in [0, 0.05) is 48.1 Å². The van der Waals surface area contributed by atoms with E-state index in [1.54, 1.807) is 0 Å². The molecule has 0 unspecified atom stereocenters. The number of carbonyl (C=O) groups is 1. The van der Waals surface area contributed by atoms with Gasteiger partial charge in [0.05, 0.1) is 5.52 Å². The minimum atomic E-state index is -0.859. The van der Waals surface area contributed by atoms with Crippen LogP contribution in [-0.4, -0.2) is 40.3 Å². The third-order valence-corrected chi connectivity index (χ3v) is 5.20. The predicted molar refractivity (Wildman–Crippen MR) is 105 cm³/mol. The van der Waals surface area contributed by atoms with E-state index in [0.29, 0.717) is 31.0 Å². The molecule has 0 bridgehead atoms. The molecule has 3 aromatic rings. The lowest BCUT2D eigenvalue weighted by atomic mass is 10.0. The standard InChI is InChI=1S/C21H19ClN2O3/c22-19-2-1-3-20-18(19)12-15(13-23-20)14-4-6-16(7-5-14)27-17-8-10-24(11-9-17)21(25)26/h1-7,12-13,17H,8-11H2,(H,25,26). The van der Waals surface area contributed by atoms with Gasteiger partial charge in [-0.05, 0) is 35.9 Å². The fourth-order valence-corrected chi connectivity index (χ4v) is 3.58. The summed E-state index contributed by atoms with van der Waals surface area (Å²) in [7, 11) is 0. The zero-order valence-electron chi connectivity index (χ0n) is 14.6. The van der Waals surface area contributed by atoms with E-state index < -0.39 is 6.09 Å². The number of piperidine rings is 1. The fraction of sp³-hybridized carbons (Fsp3) is 0.238. The van der Waals surface area contributed by atoms with E-state index in [1.807, 2.05) is 54.7 Å². The minimum absolute atomic E-state index is 0.0487. The minimum Gasteiger partial charge on any atom is -0.490 e. The third kappa shape index (κ3) is 3.83. The highest BCUT2D eigenvalue weighted by Crippen LogP contribution is 2.29. The van der Waals surface area contributed by atoms with E-state index >= 15 is 0 Å². The quantitative estimate of drug-likeness (QED) is 0.686. The molecule has 0 atom stereocenters. The van der Waals surface area contributed by atoms with Crippen LogP contribution in [0.4, 0.5) is 4.79 Å². The normalized spacial score (nSPS) is 15.1. The first-order chi connectivity index (χ1) is 13.1. The van der Waals surface area contributed by atoms with E-state index in [4.69, 9.17) is 21.4 Å². The molecule has 0 radical (unpaired) electrons. The number of hydrogen-bond acceptors (Lipinski definition) is 3. The number of ether oxygens (including phenoxy) is 1. The van der Waals surface area contributed by atoms with Gasteiger partial charge in [0.2, 0.25) is 0 Å². The molecule has 138 valence electrons. The van der Waals surface area contributed by atoms with Crippen LogP contribution in [0, 0.1) is 0 Å². The van der Waals surface area contributed by atoms with Gasteiger partial charge in [0.25, 0.3) is 0 Å². The third-order valence-electron chi connectivity index (χ3n) is 4.88. The van der Waals surface area contributed by atoms with E-state index in [-0.39, 0.29) is 6.10 Å². The predicted octanol–water partition coefficient (Wildman–Crippen LogP) is 5.08. The van der Waals surface area contributed by atoms with Gasteiger partial charge in [-0.3, -0.25) is 4.98 Å². The molecule has 4 rings (SSSR count). The Kier molecular flexibility index (Phi) is 4.86. The molecule has 0 aliphatic carbocycles. The second-order valence-electron chi connectivity index (χ2n) is 6.64. The zero-order chi connectivity index (χ0) is 18.8. The van der Waals surface area contributed by atoms with Crippen LogP contribution in [-0.2, 0) is 0 Å². The molecule has 2 aromatic carbocycles. The monoisotopic (exact) mass is 382 g/mol. The van der Waals surface area contributed by atoms with Crippen molar-refractivity contribution in [2.24, 2.45) is 0 Å². The average molecular weight is 383 g/mol. The first-order valence-electron chi connectivity index (χ1n) is 8.89. The maximum Gasteiger partial charge on any atom is 0.407 e. The van der Waals surface area contributed by atoms with Crippen LogP contribution < -0.4 is 4.74 Å². The van der Waals surface area contributed by atoms with E-state index in [0.717, 1.165) is 27.8 Å². The topological polar surface area (TPSA) is 62.7 Å². The molecule has 1 saturated heterocycles. The number of carboxylic acid groups (broad SMARTS) is 1. The second kappa shape index (κ2) is 7.45. The zero-order valence-corrected chi connectivity index (χ0v) is 15.4. The molecule has 1 amide bonds. The number of fused-ring (bicyclic) bond motifs is 1. The summed E-state index contributed by atoms with van der Waals surface area (Å²) in [5, 5.41) is 10.6. The first-order valence-corrected chi connectivity index (χ1v) is 9.27. The van der Waals surface area contributed by atoms with Gasteiger partial charge in [-0.1, -0.05) is 29.8 Å². The largest absolute Gasteiger partial charge is 0.490 e. The van der Waals surface area contributed by atoms with Crippen molar-refractivity contribution >= 4 is 28.6 Å². The van der Waals surface area contributed by atoms with Crippen molar-refractivity contribution in [3.8, 4) is 16.9 Å². The number of nitrogens with zero attached hydrogens (tertiary/aromatic N) is 2. The summed E-state index contributed by atoms with van der Waals surface area (Å²) < 4.78 is 6.01. The average Bonchev–Trinajstić information content (AvgIpc) is 2.69. The lowest BCUT2D eigenvalue weighted by molar-refractivity contribution is 0.0895. The Bertz CT molecular complexity index is 967. The lowest BCUT2D eigenvalue weighted by Gasteiger charge is -2.30. The van der Waals surface area contributed by atoms with Crippen molar-refractivity contribution in [3.63, 3.8) is 0 Å². The molecular formula is C21H19ClN2O3. The van der Waals surface area contributed by atoms with E-state index in [2.05, 4.69) is 4.98 Å². The molecule has 1 N–H and O–H groups in total. The summed E-state index contributed by atoms with van der Waals surface area (Å²) >= 11 is 6.28. The molecule has 0 saturated carbocycles. The second-order valence-corrected chi connectivity index (χ2v) is 7.05. The summed E-state index contributed by atoms with van der Waals surface area (Å²) in [6.45, 7) is 1.03. The summed E-state index contributed by atoms with van der Waals surface area (Å²) in [5.41, 5.74) is 2.91. The van der Waals surface area contributed by atoms with Gasteiger partial charge in [0.15, 0.2) is 0 Å². The van der Waals surface area contributed by atoms with Gasteiger partial charge in [0.1, 0.15) is 11.9 Å². The van der Waals surface area contributed by atoms with Crippen molar-refractivity contribution in [3.05, 3.63) is 59.8 Å². The first kappa shape index (κ1) is 17.6. The maximum absolute atomic E-state index is 11.0. The van der Waals surface area contributed by atoms with Crippen LogP contribution in [0.2, 0.25) is 5.02 Å². The summed E-state index contributed by atoms with van der Waals surface area (Å²) in [6.07, 6.45) is 2.45. The Labute approximate surface area is 162 Å². The van der Waals surface area contributed by atoms with Crippen LogP contribution in [0.15, 0.2) is 54.7 Å². The molecule has 1 fully saturated rings. The van der Waals surface area contributed by atoms with Crippen molar-refractivity contribution in [2.75, 3.05) is 13.1 Å². The number of pyridine rings is 1. The number of rotatable bonds is 3. The highest BCUT2D eigenvalue weighted by atomic mass is 35.5. The van der Waals surface area contributed by atoms with Crippen LogP contribution in [0.1, 0.15) is 12.8 Å². The number of likely N-dealkylation sites (tertiary alicyclic amines) is 1. The molecule has 1 aliphatic rings. The summed E-state index contributed by atoms with van der Waals surface area (Å²) in [5.74, 6) is 0.791. The van der Waals surface area contributed by atoms with Crippen LogP contribution in [0.3, 0.4) is 0 Å². The van der Waals surface area contributed by atoms with E-state index in [9.17, 15) is 4.79 Å². The van der Waals surface area contributed by atoms with Gasteiger partial charge >= 0.3 is 6.09 Å². The highest BCUT2D eigenvalue weighted by molar-refractivity contribution is 6.35. The number of halogens is 1. The van der Waals surface area contributed by atoms with Gasteiger partial charge in [-0.15, -0.1) is 0 Å². The van der Waals surface area contributed by atoms with Crippen molar-refractivity contribution in [2.45, 2.75) is 18.9 Å². The molecule has 0 spiro atoms. The van der Waals surface area contributed by atoms with Crippen LogP contribution >= 0.6 is 11.6 Å². The van der Waals surface area contributed by atoms with Crippen molar-refractivity contribution < 1.29 is 14.6 Å². The van der Waals surface area contributed by atoms with Gasteiger partial charge < -0.3 is 14.7 Å². The van der Waals surface area contributed by atoms with Gasteiger partial charge in [-0.25, -0.2) is 4.79 Å². The molecule has 2 heterocycles. The summed E-state index contributed by atoms with van der Waals surface area (Å²) in [6, 6.07) is 15.6. The highest BCUT2D eigenvalue weighted by Gasteiger charge is 2.23. The van der Waals surface area contributed by atoms with Crippen LogP contribution in [0.25, 0.3) is 22.0 Å². The molecular weight excluding hydrogens is 364 g/mol. The number of aromatic nitrogens is 1. The SMILES string of the molecule is O=C(O)N1CCC(Oc2ccc(-c3cnc4cccc(Cl)c4c3)cc2)CC1. The number of benzene rings is 2. The Morgan fingerprint density at radius 3 is 2.56 bits per heavy atom. The summed E-state index contributed by atoms with van der Waals surface area (Å²) in [4.78, 5) is 16.9. The molecule has 27 heavy (non-hydrogen) atoms. The Hall–Kier alpha value is -2.79. The number of amides is 1. The van der Waals surface area contributed by atoms with Gasteiger partial charge in [-0.2, -0.15) is 0 Å². The van der Waals surface area contributed by atoms with E-state index in [1.165, 1.54) is 4.90 Å². The Balaban J connectivity index is 1.46. The Morgan fingerprint density at radius 2 is 1.85 bits per heavy atom. The van der Waals surface area contributed by atoms with Crippen molar-refractivity contribution in [1.82, 2.24) is 9.88 Å². The fourth-order valence-electron chi connectivity index (χ4n) is 3.35. The number of hydrogen-bond donors (Lipinski definition) is 1. The molecule has 5 nitrogen and oxygen atoms in total. The lowest BCUT2D eigenvalue weighted by Crippen LogP contribution is -2.41.